The zero-order valence-corrected chi connectivity index (χ0v) is 17.4. The van der Waals surface area contributed by atoms with Gasteiger partial charge < -0.3 is 5.32 Å². The Bertz CT molecular complexity index is 735. The molecule has 1 fully saturated rings. The predicted octanol–water partition coefficient (Wildman–Crippen LogP) is 3.32. The summed E-state index contributed by atoms with van der Waals surface area (Å²) in [5.41, 5.74) is 2.59. The Hall–Kier alpha value is -1.40. The van der Waals surface area contributed by atoms with Crippen LogP contribution in [0.15, 0.2) is 17.0 Å². The highest BCUT2D eigenvalue weighted by molar-refractivity contribution is 7.89. The van der Waals surface area contributed by atoms with Gasteiger partial charge in [0.2, 0.25) is 15.9 Å². The van der Waals surface area contributed by atoms with Crippen LogP contribution in [0.5, 0.6) is 0 Å². The Labute approximate surface area is 158 Å². The van der Waals surface area contributed by atoms with Crippen molar-refractivity contribution >= 4 is 15.9 Å². The van der Waals surface area contributed by atoms with E-state index in [4.69, 9.17) is 0 Å². The summed E-state index contributed by atoms with van der Waals surface area (Å²) in [6.45, 7) is 10.5. The molecule has 0 bridgehead atoms. The molecule has 1 saturated heterocycles. The van der Waals surface area contributed by atoms with Crippen LogP contribution >= 0.6 is 0 Å². The van der Waals surface area contributed by atoms with Gasteiger partial charge >= 0.3 is 0 Å². The fraction of sp³-hybridized carbons (Fsp3) is 0.650. The average molecular weight is 381 g/mol. The molecule has 1 heterocycles. The molecule has 2 atom stereocenters. The van der Waals surface area contributed by atoms with Crippen molar-refractivity contribution in [2.24, 2.45) is 5.92 Å². The van der Waals surface area contributed by atoms with Crippen molar-refractivity contribution < 1.29 is 13.2 Å². The quantitative estimate of drug-likeness (QED) is 0.823. The molecule has 1 N–H and O–H groups in total. The van der Waals surface area contributed by atoms with Gasteiger partial charge in [-0.25, -0.2) is 8.42 Å². The molecule has 1 aliphatic rings. The normalized spacial score (nSPS) is 20.0. The van der Waals surface area contributed by atoms with Gasteiger partial charge in [0.05, 0.1) is 10.8 Å². The molecule has 1 aliphatic heterocycles. The highest BCUT2D eigenvalue weighted by Crippen LogP contribution is 2.29. The molecule has 2 rings (SSSR count). The fourth-order valence-electron chi connectivity index (χ4n) is 3.94. The Morgan fingerprint density at radius 3 is 2.46 bits per heavy atom. The molecule has 0 aliphatic carbocycles. The first-order chi connectivity index (χ1) is 12.2. The first kappa shape index (κ1) is 20.9. The number of benzene rings is 1. The van der Waals surface area contributed by atoms with Crippen molar-refractivity contribution in [3.63, 3.8) is 0 Å². The third kappa shape index (κ3) is 4.65. The molecular weight excluding hydrogens is 348 g/mol. The second-order valence-electron chi connectivity index (χ2n) is 7.63. The van der Waals surface area contributed by atoms with Gasteiger partial charge in [-0.2, -0.15) is 4.31 Å². The van der Waals surface area contributed by atoms with E-state index in [0.29, 0.717) is 17.9 Å². The van der Waals surface area contributed by atoms with Crippen LogP contribution in [0, 0.1) is 26.7 Å². The Morgan fingerprint density at radius 1 is 1.27 bits per heavy atom. The zero-order chi connectivity index (χ0) is 19.5. The van der Waals surface area contributed by atoms with E-state index < -0.39 is 10.0 Å². The minimum atomic E-state index is -3.59. The van der Waals surface area contributed by atoms with Crippen LogP contribution in [0.1, 0.15) is 56.2 Å². The summed E-state index contributed by atoms with van der Waals surface area (Å²) in [5, 5.41) is 3.03. The van der Waals surface area contributed by atoms with Crippen molar-refractivity contribution in [3.05, 3.63) is 28.8 Å². The van der Waals surface area contributed by atoms with Gasteiger partial charge in [0.15, 0.2) is 0 Å². The number of nitrogens with zero attached hydrogens (tertiary/aromatic N) is 1. The third-order valence-corrected chi connectivity index (χ3v) is 7.24. The van der Waals surface area contributed by atoms with E-state index >= 15 is 0 Å². The number of rotatable bonds is 6. The topological polar surface area (TPSA) is 66.5 Å². The summed E-state index contributed by atoms with van der Waals surface area (Å²) in [7, 11) is -3.59. The molecule has 1 amide bonds. The SMILES string of the molecule is CCC[C@@H](C)NC(=O)[C@H]1CCCN(S(=O)(=O)c2c(C)cc(C)cc2C)C1. The monoisotopic (exact) mass is 380 g/mol. The maximum absolute atomic E-state index is 13.2. The van der Waals surface area contributed by atoms with E-state index in [9.17, 15) is 13.2 Å². The molecule has 5 nitrogen and oxygen atoms in total. The number of aryl methyl sites for hydroxylation is 3. The predicted molar refractivity (Wildman–Crippen MR) is 105 cm³/mol. The summed E-state index contributed by atoms with van der Waals surface area (Å²) in [4.78, 5) is 12.9. The smallest absolute Gasteiger partial charge is 0.243 e. The van der Waals surface area contributed by atoms with Crippen LogP contribution < -0.4 is 5.32 Å². The summed E-state index contributed by atoms with van der Waals surface area (Å²) in [5.74, 6) is -0.299. The van der Waals surface area contributed by atoms with Gasteiger partial charge in [-0.3, -0.25) is 4.79 Å². The number of hydrogen-bond donors (Lipinski definition) is 1. The van der Waals surface area contributed by atoms with Gasteiger partial charge in [-0.15, -0.1) is 0 Å². The summed E-state index contributed by atoms with van der Waals surface area (Å²) < 4.78 is 28.0. The standard InChI is InChI=1S/C20H32N2O3S/c1-6-8-17(5)21-20(23)18-9-7-10-22(13-18)26(24,25)19-15(3)11-14(2)12-16(19)4/h11-12,17-18H,6-10,13H2,1-5H3,(H,21,23)/t17-,18+/m1/s1. The van der Waals surface area contributed by atoms with E-state index in [0.717, 1.165) is 36.0 Å². The van der Waals surface area contributed by atoms with Gasteiger partial charge in [-0.1, -0.05) is 31.0 Å². The highest BCUT2D eigenvalue weighted by atomic mass is 32.2. The van der Waals surface area contributed by atoms with Gasteiger partial charge in [0.25, 0.3) is 0 Å². The molecule has 26 heavy (non-hydrogen) atoms. The van der Waals surface area contributed by atoms with E-state index in [2.05, 4.69) is 12.2 Å². The number of carbonyl (C=O) groups is 1. The van der Waals surface area contributed by atoms with E-state index in [-0.39, 0.29) is 24.4 Å². The largest absolute Gasteiger partial charge is 0.353 e. The van der Waals surface area contributed by atoms with Crippen LogP contribution in [0.25, 0.3) is 0 Å². The maximum atomic E-state index is 13.2. The number of carbonyl (C=O) groups excluding carboxylic acids is 1. The van der Waals surface area contributed by atoms with Crippen molar-refractivity contribution in [1.82, 2.24) is 9.62 Å². The van der Waals surface area contributed by atoms with Crippen LogP contribution in [-0.4, -0.2) is 37.8 Å². The minimum Gasteiger partial charge on any atom is -0.353 e. The number of amides is 1. The fourth-order valence-corrected chi connectivity index (χ4v) is 5.88. The van der Waals surface area contributed by atoms with Crippen molar-refractivity contribution in [2.45, 2.75) is 71.2 Å². The minimum absolute atomic E-state index is 0.0248. The second-order valence-corrected chi connectivity index (χ2v) is 9.50. The lowest BCUT2D eigenvalue weighted by Gasteiger charge is -2.32. The molecular formula is C20H32N2O3S. The lowest BCUT2D eigenvalue weighted by atomic mass is 9.98. The van der Waals surface area contributed by atoms with Gasteiger partial charge in [0, 0.05) is 19.1 Å². The molecule has 0 unspecified atom stereocenters. The van der Waals surface area contributed by atoms with Crippen LogP contribution in [0.2, 0.25) is 0 Å². The molecule has 146 valence electrons. The van der Waals surface area contributed by atoms with Crippen molar-refractivity contribution in [2.75, 3.05) is 13.1 Å². The molecule has 1 aromatic carbocycles. The third-order valence-electron chi connectivity index (χ3n) is 5.07. The highest BCUT2D eigenvalue weighted by Gasteiger charge is 2.35. The van der Waals surface area contributed by atoms with E-state index in [1.165, 1.54) is 4.31 Å². The van der Waals surface area contributed by atoms with Crippen molar-refractivity contribution in [3.8, 4) is 0 Å². The lowest BCUT2D eigenvalue weighted by molar-refractivity contribution is -0.126. The van der Waals surface area contributed by atoms with Crippen LogP contribution in [0.3, 0.4) is 0 Å². The molecule has 0 spiro atoms. The maximum Gasteiger partial charge on any atom is 0.243 e. The number of nitrogens with one attached hydrogen (secondary N) is 1. The summed E-state index contributed by atoms with van der Waals surface area (Å²) >= 11 is 0. The molecule has 0 aromatic heterocycles. The number of sulfonamides is 1. The van der Waals surface area contributed by atoms with Crippen LogP contribution in [0.4, 0.5) is 0 Å². The lowest BCUT2D eigenvalue weighted by Crippen LogP contribution is -2.47. The molecule has 1 aromatic rings. The molecule has 0 saturated carbocycles. The molecule has 0 radical (unpaired) electrons. The number of hydrogen-bond acceptors (Lipinski definition) is 3. The first-order valence-corrected chi connectivity index (χ1v) is 11.0. The second kappa shape index (κ2) is 8.53. The van der Waals surface area contributed by atoms with Crippen LogP contribution in [-0.2, 0) is 14.8 Å². The van der Waals surface area contributed by atoms with Gasteiger partial charge in [0.1, 0.15) is 0 Å². The zero-order valence-electron chi connectivity index (χ0n) is 16.6. The summed E-state index contributed by atoms with van der Waals surface area (Å²) in [6, 6.07) is 3.93. The molecule has 6 heteroatoms. The van der Waals surface area contributed by atoms with E-state index in [1.54, 1.807) is 0 Å². The van der Waals surface area contributed by atoms with Crippen molar-refractivity contribution in [1.29, 1.82) is 0 Å². The Balaban J connectivity index is 2.19. The number of piperidine rings is 1. The first-order valence-electron chi connectivity index (χ1n) is 9.55. The van der Waals surface area contributed by atoms with E-state index in [1.807, 2.05) is 39.8 Å². The Kier molecular flexibility index (Phi) is 6.86. The van der Waals surface area contributed by atoms with Gasteiger partial charge in [-0.05, 0) is 58.1 Å². The Morgan fingerprint density at radius 2 is 1.88 bits per heavy atom. The average Bonchev–Trinajstić information content (AvgIpc) is 2.53. The summed E-state index contributed by atoms with van der Waals surface area (Å²) in [6.07, 6.45) is 3.40.